The Morgan fingerprint density at radius 3 is 2.44 bits per heavy atom. The van der Waals surface area contributed by atoms with Gasteiger partial charge < -0.3 is 5.73 Å². The van der Waals surface area contributed by atoms with E-state index < -0.39 is 17.7 Å². The lowest BCUT2D eigenvalue weighted by Gasteiger charge is -2.13. The summed E-state index contributed by atoms with van der Waals surface area (Å²) in [4.78, 5) is 0.825. The summed E-state index contributed by atoms with van der Waals surface area (Å²) in [6.45, 7) is 0. The highest BCUT2D eigenvalue weighted by molar-refractivity contribution is 9.10. The fourth-order valence-electron chi connectivity index (χ4n) is 1.68. The molecule has 0 amide bonds. The quantitative estimate of drug-likeness (QED) is 0.852. The second kappa shape index (κ2) is 5.65. The lowest BCUT2D eigenvalue weighted by molar-refractivity contribution is 0.524. The van der Waals surface area contributed by atoms with Gasteiger partial charge in [0.15, 0.2) is 0 Å². The summed E-state index contributed by atoms with van der Waals surface area (Å²) < 4.78 is 27.8. The van der Waals surface area contributed by atoms with Crippen LogP contribution in [-0.2, 0) is 6.42 Å². The molecule has 2 aromatic rings. The summed E-state index contributed by atoms with van der Waals surface area (Å²) in [5.74, 6) is -1.30. The normalized spacial score (nSPS) is 12.7. The van der Waals surface area contributed by atoms with Gasteiger partial charge in [-0.3, -0.25) is 0 Å². The van der Waals surface area contributed by atoms with Gasteiger partial charge in [-0.05, 0) is 23.6 Å². The third-order valence-corrected chi connectivity index (χ3v) is 4.38. The number of nitrogens with two attached hydrogens (primary N) is 1. The van der Waals surface area contributed by atoms with Gasteiger partial charge >= 0.3 is 0 Å². The van der Waals surface area contributed by atoms with Crippen molar-refractivity contribution in [3.05, 3.63) is 55.1 Å². The first-order chi connectivity index (χ1) is 8.49. The topological polar surface area (TPSA) is 26.0 Å². The van der Waals surface area contributed by atoms with Gasteiger partial charge in [-0.15, -0.1) is 11.3 Å². The zero-order chi connectivity index (χ0) is 13.3. The molecule has 1 atom stereocenters. The van der Waals surface area contributed by atoms with Crippen molar-refractivity contribution in [3.8, 4) is 0 Å². The minimum atomic E-state index is -0.755. The van der Waals surface area contributed by atoms with Crippen LogP contribution in [0.4, 0.5) is 8.78 Å². The Morgan fingerprint density at radius 1 is 1.33 bits per heavy atom. The molecule has 6 heteroatoms. The molecule has 2 rings (SSSR count). The van der Waals surface area contributed by atoms with E-state index in [4.69, 9.17) is 17.3 Å². The van der Waals surface area contributed by atoms with Crippen LogP contribution >= 0.6 is 38.9 Å². The monoisotopic (exact) mass is 351 g/mol. The van der Waals surface area contributed by atoms with E-state index >= 15 is 0 Å². The van der Waals surface area contributed by atoms with E-state index in [-0.39, 0.29) is 5.56 Å². The molecule has 1 unspecified atom stereocenters. The third kappa shape index (κ3) is 2.91. The van der Waals surface area contributed by atoms with Crippen LogP contribution in [0.1, 0.15) is 16.5 Å². The lowest BCUT2D eigenvalue weighted by Crippen LogP contribution is -2.16. The molecule has 1 aromatic heterocycles. The summed E-state index contributed by atoms with van der Waals surface area (Å²) in [6, 6.07) is 3.39. The van der Waals surface area contributed by atoms with Crippen LogP contribution in [0.5, 0.6) is 0 Å². The van der Waals surface area contributed by atoms with Crippen molar-refractivity contribution in [1.29, 1.82) is 0 Å². The van der Waals surface area contributed by atoms with Crippen LogP contribution in [0.25, 0.3) is 0 Å². The number of halogens is 4. The molecule has 0 fully saturated rings. The van der Waals surface area contributed by atoms with Gasteiger partial charge in [0.1, 0.15) is 11.6 Å². The third-order valence-electron chi connectivity index (χ3n) is 2.51. The molecule has 0 aliphatic rings. The molecule has 0 bridgehead atoms. The summed E-state index contributed by atoms with van der Waals surface area (Å²) in [5, 5.41) is 2.40. The second-order valence-corrected chi connectivity index (χ2v) is 6.11. The van der Waals surface area contributed by atoms with Gasteiger partial charge in [-0.25, -0.2) is 8.78 Å². The van der Waals surface area contributed by atoms with Crippen molar-refractivity contribution in [2.24, 2.45) is 5.73 Å². The van der Waals surface area contributed by atoms with Crippen molar-refractivity contribution < 1.29 is 8.78 Å². The molecule has 1 aromatic carbocycles. The predicted molar refractivity (Wildman–Crippen MR) is 74.0 cm³/mol. The average molecular weight is 353 g/mol. The fraction of sp³-hybridized carbons (Fsp3) is 0.167. The maximum Gasteiger partial charge on any atom is 0.132 e. The first kappa shape index (κ1) is 13.9. The second-order valence-electron chi connectivity index (χ2n) is 3.79. The molecular formula is C12H9BrClF2NS. The molecule has 0 aliphatic carbocycles. The van der Waals surface area contributed by atoms with E-state index in [0.29, 0.717) is 15.9 Å². The van der Waals surface area contributed by atoms with E-state index in [2.05, 4.69) is 15.9 Å². The molecule has 2 N–H and O–H groups in total. The molecule has 0 saturated carbocycles. The molecule has 1 nitrogen and oxygen atoms in total. The van der Waals surface area contributed by atoms with E-state index in [1.807, 2.05) is 5.38 Å². The van der Waals surface area contributed by atoms with Gasteiger partial charge in [0, 0.05) is 27.4 Å². The van der Waals surface area contributed by atoms with Gasteiger partial charge in [0.2, 0.25) is 0 Å². The maximum atomic E-state index is 13.7. The van der Waals surface area contributed by atoms with Crippen molar-refractivity contribution in [3.63, 3.8) is 0 Å². The highest BCUT2D eigenvalue weighted by Crippen LogP contribution is 2.30. The number of thiophene rings is 1. The minimum absolute atomic E-state index is 0.109. The van der Waals surface area contributed by atoms with Crippen molar-refractivity contribution in [2.75, 3.05) is 0 Å². The maximum absolute atomic E-state index is 13.7. The fourth-order valence-corrected chi connectivity index (χ4v) is 3.26. The number of rotatable bonds is 3. The number of benzene rings is 1. The predicted octanol–water partition coefficient (Wildman–Crippen LogP) is 4.68. The highest BCUT2D eigenvalue weighted by Gasteiger charge is 2.19. The number of hydrogen-bond donors (Lipinski definition) is 1. The van der Waals surface area contributed by atoms with Crippen LogP contribution in [0.3, 0.4) is 0 Å². The molecule has 0 spiro atoms. The van der Waals surface area contributed by atoms with Crippen molar-refractivity contribution in [1.82, 2.24) is 0 Å². The smallest absolute Gasteiger partial charge is 0.132 e. The van der Waals surface area contributed by atoms with Crippen LogP contribution in [-0.4, -0.2) is 0 Å². The van der Waals surface area contributed by atoms with Crippen LogP contribution in [0.2, 0.25) is 5.02 Å². The zero-order valence-corrected chi connectivity index (χ0v) is 12.2. The first-order valence-corrected chi connectivity index (χ1v) is 7.16. The molecular weight excluding hydrogens is 344 g/mol. The summed E-state index contributed by atoms with van der Waals surface area (Å²) in [5.41, 5.74) is 5.75. The highest BCUT2D eigenvalue weighted by atomic mass is 79.9. The summed E-state index contributed by atoms with van der Waals surface area (Å²) in [6.07, 6.45) is 0.311. The van der Waals surface area contributed by atoms with Crippen LogP contribution in [0, 0.1) is 11.6 Å². The van der Waals surface area contributed by atoms with E-state index in [0.717, 1.165) is 4.88 Å². The Bertz CT molecular complexity index is 550. The van der Waals surface area contributed by atoms with E-state index in [9.17, 15) is 8.78 Å². The molecule has 1 heterocycles. The molecule has 18 heavy (non-hydrogen) atoms. The van der Waals surface area contributed by atoms with Gasteiger partial charge in [0.25, 0.3) is 0 Å². The average Bonchev–Trinajstić information content (AvgIpc) is 2.62. The van der Waals surface area contributed by atoms with Crippen LogP contribution < -0.4 is 5.73 Å². The Balaban J connectivity index is 2.29. The van der Waals surface area contributed by atoms with E-state index in [1.54, 1.807) is 6.07 Å². The largest absolute Gasteiger partial charge is 0.323 e. The Kier molecular flexibility index (Phi) is 4.37. The van der Waals surface area contributed by atoms with Gasteiger partial charge in [-0.2, -0.15) is 0 Å². The molecule has 0 radical (unpaired) electrons. The SMILES string of the molecule is NC(Cc1sccc1Cl)c1c(F)cc(Br)cc1F. The number of hydrogen-bond acceptors (Lipinski definition) is 2. The van der Waals surface area contributed by atoms with Gasteiger partial charge in [-0.1, -0.05) is 27.5 Å². The van der Waals surface area contributed by atoms with Crippen molar-refractivity contribution >= 4 is 38.9 Å². The molecule has 0 aliphatic heterocycles. The minimum Gasteiger partial charge on any atom is -0.323 e. The zero-order valence-electron chi connectivity index (χ0n) is 9.09. The van der Waals surface area contributed by atoms with Gasteiger partial charge in [0.05, 0.1) is 5.02 Å². The Hall–Kier alpha value is -0.490. The van der Waals surface area contributed by atoms with E-state index in [1.165, 1.54) is 23.5 Å². The lowest BCUT2D eigenvalue weighted by atomic mass is 10.0. The molecule has 0 saturated heterocycles. The standard InChI is InChI=1S/C12H9BrClF2NS/c13-6-3-8(15)12(9(16)4-6)10(17)5-11-7(14)1-2-18-11/h1-4,10H,5,17H2. The Labute approximate surface area is 121 Å². The summed E-state index contributed by atoms with van der Waals surface area (Å²) >= 11 is 10.4. The van der Waals surface area contributed by atoms with Crippen molar-refractivity contribution in [2.45, 2.75) is 12.5 Å². The van der Waals surface area contributed by atoms with Crippen LogP contribution in [0.15, 0.2) is 28.1 Å². The summed E-state index contributed by atoms with van der Waals surface area (Å²) in [7, 11) is 0. The Morgan fingerprint density at radius 2 is 1.94 bits per heavy atom. The first-order valence-electron chi connectivity index (χ1n) is 5.11. The molecule has 96 valence electrons.